The molecule has 4 nitrogen and oxygen atoms in total. The summed E-state index contributed by atoms with van der Waals surface area (Å²) in [5.74, 6) is 1.56. The second-order valence-corrected chi connectivity index (χ2v) is 7.38. The van der Waals surface area contributed by atoms with Crippen molar-refractivity contribution in [3.63, 3.8) is 0 Å². The molecule has 0 bridgehead atoms. The zero-order valence-electron chi connectivity index (χ0n) is 15.2. The first-order chi connectivity index (χ1) is 11.7. The predicted octanol–water partition coefficient (Wildman–Crippen LogP) is 3.80. The molecule has 25 heavy (non-hydrogen) atoms. The summed E-state index contributed by atoms with van der Waals surface area (Å²) in [6.45, 7) is 3.45. The highest BCUT2D eigenvalue weighted by Crippen LogP contribution is 2.33. The molecular weight excluding hydrogens is 425 g/mol. The molecule has 0 spiro atoms. The summed E-state index contributed by atoms with van der Waals surface area (Å²) < 4.78 is 0. The van der Waals surface area contributed by atoms with Gasteiger partial charge in [0, 0.05) is 12.6 Å². The molecule has 2 fully saturated rings. The molecule has 0 heterocycles. The first kappa shape index (κ1) is 20.5. The van der Waals surface area contributed by atoms with E-state index in [9.17, 15) is 5.11 Å². The van der Waals surface area contributed by atoms with Crippen molar-refractivity contribution in [3.8, 4) is 0 Å². The molecule has 140 valence electrons. The van der Waals surface area contributed by atoms with Crippen molar-refractivity contribution in [1.82, 2.24) is 10.6 Å². The van der Waals surface area contributed by atoms with Gasteiger partial charge < -0.3 is 15.7 Å². The first-order valence-electron chi connectivity index (χ1n) is 9.51. The van der Waals surface area contributed by atoms with Gasteiger partial charge in [-0.05, 0) is 63.4 Å². The second kappa shape index (κ2) is 9.76. The molecule has 0 atom stereocenters. The van der Waals surface area contributed by atoms with Crippen molar-refractivity contribution < 1.29 is 5.11 Å². The van der Waals surface area contributed by atoms with Crippen molar-refractivity contribution >= 4 is 29.9 Å². The molecule has 2 aliphatic rings. The van der Waals surface area contributed by atoms with E-state index in [0.29, 0.717) is 18.5 Å². The Bertz CT molecular complexity index is 537. The number of nitrogens with one attached hydrogen (secondary N) is 2. The van der Waals surface area contributed by atoms with Crippen LogP contribution in [0.5, 0.6) is 0 Å². The fraction of sp³-hybridized carbons (Fsp3) is 0.650. The van der Waals surface area contributed by atoms with Crippen LogP contribution in [0, 0.1) is 0 Å². The highest BCUT2D eigenvalue weighted by Gasteiger charge is 2.34. The minimum atomic E-state index is -0.548. The third-order valence-electron chi connectivity index (χ3n) is 5.50. The van der Waals surface area contributed by atoms with Crippen molar-refractivity contribution in [2.24, 2.45) is 4.99 Å². The predicted molar refractivity (Wildman–Crippen MR) is 115 cm³/mol. The lowest BCUT2D eigenvalue weighted by Crippen LogP contribution is -2.46. The Labute approximate surface area is 168 Å². The Kier molecular flexibility index (Phi) is 8.00. The Hall–Kier alpha value is -0.820. The van der Waals surface area contributed by atoms with Gasteiger partial charge in [0.15, 0.2) is 5.96 Å². The number of hydrogen-bond acceptors (Lipinski definition) is 2. The third kappa shape index (κ3) is 5.84. The Morgan fingerprint density at radius 2 is 1.84 bits per heavy atom. The molecule has 2 aliphatic carbocycles. The second-order valence-electron chi connectivity index (χ2n) is 7.38. The zero-order valence-corrected chi connectivity index (χ0v) is 17.5. The van der Waals surface area contributed by atoms with Gasteiger partial charge in [-0.25, -0.2) is 0 Å². The van der Waals surface area contributed by atoms with Crippen LogP contribution in [0.1, 0.15) is 63.4 Å². The summed E-state index contributed by atoms with van der Waals surface area (Å²) in [5.41, 5.74) is 0.927. The van der Waals surface area contributed by atoms with Gasteiger partial charge in [0.2, 0.25) is 0 Å². The number of rotatable bonds is 5. The molecule has 0 saturated heterocycles. The number of aliphatic hydroxyl groups is 1. The van der Waals surface area contributed by atoms with Gasteiger partial charge in [-0.2, -0.15) is 0 Å². The van der Waals surface area contributed by atoms with E-state index in [0.717, 1.165) is 31.8 Å². The van der Waals surface area contributed by atoms with E-state index >= 15 is 0 Å². The maximum atomic E-state index is 10.2. The number of benzene rings is 1. The number of halogens is 1. The van der Waals surface area contributed by atoms with Gasteiger partial charge in [0.1, 0.15) is 0 Å². The molecular formula is C20H32IN3O. The molecule has 2 saturated carbocycles. The largest absolute Gasteiger partial charge is 0.388 e. The number of nitrogens with zero attached hydrogens (tertiary/aromatic N) is 1. The van der Waals surface area contributed by atoms with Crippen LogP contribution in [0.2, 0.25) is 0 Å². The lowest BCUT2D eigenvalue weighted by atomic mass is 9.80. The quantitative estimate of drug-likeness (QED) is 0.358. The van der Waals surface area contributed by atoms with E-state index in [1.54, 1.807) is 0 Å². The molecule has 0 aromatic heterocycles. The molecule has 3 N–H and O–H groups in total. The van der Waals surface area contributed by atoms with Crippen LogP contribution in [-0.2, 0) is 0 Å². The molecule has 0 unspecified atom stereocenters. The topological polar surface area (TPSA) is 56.7 Å². The zero-order chi connectivity index (χ0) is 16.8. The van der Waals surface area contributed by atoms with Crippen molar-refractivity contribution in [1.29, 1.82) is 0 Å². The molecule has 5 heteroatoms. The normalized spacial score (nSPS) is 25.4. The van der Waals surface area contributed by atoms with Crippen molar-refractivity contribution in [3.05, 3.63) is 35.9 Å². The van der Waals surface area contributed by atoms with Crippen LogP contribution in [0.3, 0.4) is 0 Å². The van der Waals surface area contributed by atoms with Gasteiger partial charge in [0.05, 0.1) is 12.1 Å². The standard InChI is InChI=1S/C20H31N3O.HI/c1-2-21-19(22-15-20(24)13-6-14-20)23-18-11-9-17(10-12-18)16-7-4-3-5-8-16;/h3-5,7-8,17-18,24H,2,6,9-15H2,1H3,(H2,21,22,23);1H. The lowest BCUT2D eigenvalue weighted by Gasteiger charge is -2.35. The van der Waals surface area contributed by atoms with E-state index in [2.05, 4.69) is 52.9 Å². The van der Waals surface area contributed by atoms with Crippen LogP contribution in [0.15, 0.2) is 35.3 Å². The lowest BCUT2D eigenvalue weighted by molar-refractivity contribution is -0.0236. The summed E-state index contributed by atoms with van der Waals surface area (Å²) >= 11 is 0. The summed E-state index contributed by atoms with van der Waals surface area (Å²) in [6, 6.07) is 11.4. The van der Waals surface area contributed by atoms with Crippen LogP contribution >= 0.6 is 24.0 Å². The molecule has 3 rings (SSSR count). The molecule has 0 aliphatic heterocycles. The SMILES string of the molecule is CCNC(=NCC1(O)CCC1)NC1CCC(c2ccccc2)CC1.I. The highest BCUT2D eigenvalue weighted by atomic mass is 127. The Morgan fingerprint density at radius 3 is 2.40 bits per heavy atom. The van der Waals surface area contributed by atoms with Crippen molar-refractivity contribution in [2.75, 3.05) is 13.1 Å². The maximum absolute atomic E-state index is 10.2. The summed E-state index contributed by atoms with van der Waals surface area (Å²) in [4.78, 5) is 4.62. The molecule has 0 amide bonds. The maximum Gasteiger partial charge on any atom is 0.191 e. The van der Waals surface area contributed by atoms with Crippen molar-refractivity contribution in [2.45, 2.75) is 69.4 Å². The van der Waals surface area contributed by atoms with Crippen LogP contribution < -0.4 is 10.6 Å². The third-order valence-corrected chi connectivity index (χ3v) is 5.50. The number of hydrogen-bond donors (Lipinski definition) is 3. The fourth-order valence-corrected chi connectivity index (χ4v) is 3.78. The Morgan fingerprint density at radius 1 is 1.16 bits per heavy atom. The number of aliphatic imine (C=N–C) groups is 1. The monoisotopic (exact) mass is 457 g/mol. The first-order valence-corrected chi connectivity index (χ1v) is 9.51. The smallest absolute Gasteiger partial charge is 0.191 e. The highest BCUT2D eigenvalue weighted by molar-refractivity contribution is 14.0. The minimum absolute atomic E-state index is 0. The number of guanidine groups is 1. The van der Waals surface area contributed by atoms with Crippen LogP contribution in [0.4, 0.5) is 0 Å². The van der Waals surface area contributed by atoms with Gasteiger partial charge in [-0.1, -0.05) is 30.3 Å². The van der Waals surface area contributed by atoms with E-state index in [1.165, 1.54) is 31.2 Å². The molecule has 1 aromatic carbocycles. The van der Waals surface area contributed by atoms with Gasteiger partial charge in [-0.15, -0.1) is 24.0 Å². The van der Waals surface area contributed by atoms with E-state index in [1.807, 2.05) is 0 Å². The van der Waals surface area contributed by atoms with Gasteiger partial charge in [0.25, 0.3) is 0 Å². The van der Waals surface area contributed by atoms with Gasteiger partial charge in [-0.3, -0.25) is 4.99 Å². The fourth-order valence-electron chi connectivity index (χ4n) is 3.78. The van der Waals surface area contributed by atoms with E-state index in [-0.39, 0.29) is 24.0 Å². The summed E-state index contributed by atoms with van der Waals surface area (Å²) in [6.07, 6.45) is 7.70. The molecule has 0 radical (unpaired) electrons. The van der Waals surface area contributed by atoms with Crippen LogP contribution in [0.25, 0.3) is 0 Å². The van der Waals surface area contributed by atoms with Gasteiger partial charge >= 0.3 is 0 Å². The summed E-state index contributed by atoms with van der Waals surface area (Å²) in [5, 5.41) is 17.1. The van der Waals surface area contributed by atoms with E-state index in [4.69, 9.17) is 0 Å². The average Bonchev–Trinajstić information content (AvgIpc) is 2.60. The molecule has 1 aromatic rings. The van der Waals surface area contributed by atoms with E-state index < -0.39 is 5.60 Å². The average molecular weight is 457 g/mol. The Balaban J connectivity index is 0.00000225. The minimum Gasteiger partial charge on any atom is -0.388 e. The summed E-state index contributed by atoms with van der Waals surface area (Å²) in [7, 11) is 0. The van der Waals surface area contributed by atoms with Crippen LogP contribution in [-0.4, -0.2) is 35.8 Å².